The molecule has 28 heavy (non-hydrogen) atoms. The van der Waals surface area contributed by atoms with Crippen LogP contribution in [0.3, 0.4) is 0 Å². The molecule has 0 unspecified atom stereocenters. The average molecular weight is 380 g/mol. The summed E-state index contributed by atoms with van der Waals surface area (Å²) in [6.07, 6.45) is 1.55. The fraction of sp³-hybridized carbons (Fsp3) is 0. The molecular formula is C24H16N2OS. The van der Waals surface area contributed by atoms with Crippen molar-refractivity contribution in [3.05, 3.63) is 96.6 Å². The summed E-state index contributed by atoms with van der Waals surface area (Å²) in [6, 6.07) is 28.7. The van der Waals surface area contributed by atoms with E-state index in [0.717, 1.165) is 27.1 Å². The zero-order valence-electron chi connectivity index (χ0n) is 14.9. The summed E-state index contributed by atoms with van der Waals surface area (Å²) in [5, 5.41) is 3.07. The molecular weight excluding hydrogens is 364 g/mol. The molecule has 0 radical (unpaired) electrons. The Bertz CT molecular complexity index is 1220. The SMILES string of the molecule is c1ccc(Oc2ncnc3scc(-c4ccc(-c5ccccc5)cc4)c23)cc1. The van der Waals surface area contributed by atoms with Gasteiger partial charge in [-0.3, -0.25) is 0 Å². The van der Waals surface area contributed by atoms with E-state index in [0.29, 0.717) is 5.88 Å². The van der Waals surface area contributed by atoms with Crippen LogP contribution in [-0.2, 0) is 0 Å². The highest BCUT2D eigenvalue weighted by molar-refractivity contribution is 7.17. The first-order valence-corrected chi connectivity index (χ1v) is 9.87. The minimum absolute atomic E-state index is 0.583. The van der Waals surface area contributed by atoms with Gasteiger partial charge in [0.1, 0.15) is 16.9 Å². The molecule has 0 bridgehead atoms. The average Bonchev–Trinajstić information content (AvgIpc) is 3.21. The van der Waals surface area contributed by atoms with Crippen LogP contribution in [0, 0.1) is 0 Å². The first kappa shape index (κ1) is 16.7. The lowest BCUT2D eigenvalue weighted by Gasteiger charge is -2.08. The van der Waals surface area contributed by atoms with E-state index >= 15 is 0 Å². The van der Waals surface area contributed by atoms with Crippen molar-refractivity contribution in [1.82, 2.24) is 9.97 Å². The Hall–Kier alpha value is -3.50. The van der Waals surface area contributed by atoms with Gasteiger partial charge in [-0.1, -0.05) is 72.8 Å². The van der Waals surface area contributed by atoms with Gasteiger partial charge in [-0.05, 0) is 28.8 Å². The third kappa shape index (κ3) is 3.15. The van der Waals surface area contributed by atoms with Crippen LogP contribution in [0.4, 0.5) is 0 Å². The van der Waals surface area contributed by atoms with Crippen LogP contribution in [0.2, 0.25) is 0 Å². The van der Waals surface area contributed by atoms with Crippen LogP contribution < -0.4 is 4.74 Å². The number of benzene rings is 3. The molecule has 4 heteroatoms. The molecule has 134 valence electrons. The van der Waals surface area contributed by atoms with E-state index in [1.54, 1.807) is 17.7 Å². The van der Waals surface area contributed by atoms with Crippen molar-refractivity contribution in [3.63, 3.8) is 0 Å². The van der Waals surface area contributed by atoms with Crippen molar-refractivity contribution in [1.29, 1.82) is 0 Å². The second-order valence-electron chi connectivity index (χ2n) is 6.37. The Morgan fingerprint density at radius 2 is 1.29 bits per heavy atom. The summed E-state index contributed by atoms with van der Waals surface area (Å²) in [4.78, 5) is 9.74. The van der Waals surface area contributed by atoms with Crippen molar-refractivity contribution in [3.8, 4) is 33.9 Å². The standard InChI is InChI=1S/C24H16N2OS/c1-3-7-17(8-4-1)18-11-13-19(14-12-18)21-15-28-24-22(21)23(25-16-26-24)27-20-9-5-2-6-10-20/h1-16H. The largest absolute Gasteiger partial charge is 0.438 e. The predicted molar refractivity (Wildman–Crippen MR) is 115 cm³/mol. The van der Waals surface area contributed by atoms with E-state index < -0.39 is 0 Å². The molecule has 3 aromatic carbocycles. The Balaban J connectivity index is 1.56. The molecule has 2 aromatic heterocycles. The lowest BCUT2D eigenvalue weighted by atomic mass is 10.0. The summed E-state index contributed by atoms with van der Waals surface area (Å²) < 4.78 is 6.06. The van der Waals surface area contributed by atoms with E-state index in [9.17, 15) is 0 Å². The maximum Gasteiger partial charge on any atom is 0.231 e. The maximum absolute atomic E-state index is 6.06. The fourth-order valence-corrected chi connectivity index (χ4v) is 4.12. The molecule has 3 nitrogen and oxygen atoms in total. The molecule has 5 aromatic rings. The number of hydrogen-bond donors (Lipinski definition) is 0. The van der Waals surface area contributed by atoms with Gasteiger partial charge in [-0.2, -0.15) is 0 Å². The van der Waals surface area contributed by atoms with Gasteiger partial charge in [0.05, 0.1) is 5.39 Å². The molecule has 5 rings (SSSR count). The first-order valence-electron chi connectivity index (χ1n) is 8.99. The molecule has 0 atom stereocenters. The first-order chi connectivity index (χ1) is 13.9. The lowest BCUT2D eigenvalue weighted by Crippen LogP contribution is -1.90. The number of hydrogen-bond acceptors (Lipinski definition) is 4. The normalized spacial score (nSPS) is 10.9. The van der Waals surface area contributed by atoms with Crippen molar-refractivity contribution >= 4 is 21.6 Å². The van der Waals surface area contributed by atoms with Crippen molar-refractivity contribution in [2.24, 2.45) is 0 Å². The number of thiophene rings is 1. The summed E-state index contributed by atoms with van der Waals surface area (Å²) in [5.41, 5.74) is 4.62. The predicted octanol–water partition coefficient (Wildman–Crippen LogP) is 6.82. The Morgan fingerprint density at radius 1 is 0.643 bits per heavy atom. The topological polar surface area (TPSA) is 35.0 Å². The third-order valence-electron chi connectivity index (χ3n) is 4.60. The number of fused-ring (bicyclic) bond motifs is 1. The van der Waals surface area contributed by atoms with Crippen LogP contribution in [0.5, 0.6) is 11.6 Å². The number of aromatic nitrogens is 2. The van der Waals surface area contributed by atoms with Crippen LogP contribution in [-0.4, -0.2) is 9.97 Å². The van der Waals surface area contributed by atoms with Gasteiger partial charge in [0, 0.05) is 10.9 Å². The monoisotopic (exact) mass is 380 g/mol. The van der Waals surface area contributed by atoms with Gasteiger partial charge in [-0.15, -0.1) is 11.3 Å². The van der Waals surface area contributed by atoms with E-state index in [1.165, 1.54) is 11.1 Å². The third-order valence-corrected chi connectivity index (χ3v) is 5.48. The summed E-state index contributed by atoms with van der Waals surface area (Å²) in [6.45, 7) is 0. The molecule has 2 heterocycles. The Kier molecular flexibility index (Phi) is 4.31. The van der Waals surface area contributed by atoms with Crippen LogP contribution in [0.1, 0.15) is 0 Å². The maximum atomic E-state index is 6.06. The summed E-state index contributed by atoms with van der Waals surface area (Å²) in [5.74, 6) is 1.35. The molecule has 0 spiro atoms. The van der Waals surface area contributed by atoms with Crippen molar-refractivity contribution in [2.45, 2.75) is 0 Å². The molecule has 0 saturated heterocycles. The summed E-state index contributed by atoms with van der Waals surface area (Å²) >= 11 is 1.60. The van der Waals surface area contributed by atoms with Crippen LogP contribution in [0.15, 0.2) is 96.6 Å². The molecule has 0 aliphatic carbocycles. The summed E-state index contributed by atoms with van der Waals surface area (Å²) in [7, 11) is 0. The van der Waals surface area contributed by atoms with E-state index in [2.05, 4.69) is 63.9 Å². The highest BCUT2D eigenvalue weighted by atomic mass is 32.1. The van der Waals surface area contributed by atoms with Gasteiger partial charge in [-0.25, -0.2) is 9.97 Å². The molecule has 0 amide bonds. The second-order valence-corrected chi connectivity index (χ2v) is 7.22. The number of rotatable bonds is 4. The highest BCUT2D eigenvalue weighted by Crippen LogP contribution is 2.39. The Labute approximate surface area is 166 Å². The van der Waals surface area contributed by atoms with Crippen molar-refractivity contribution < 1.29 is 4.74 Å². The van der Waals surface area contributed by atoms with E-state index in [4.69, 9.17) is 4.74 Å². The fourth-order valence-electron chi connectivity index (χ4n) is 3.21. The molecule has 0 fully saturated rings. The lowest BCUT2D eigenvalue weighted by molar-refractivity contribution is 0.468. The number of nitrogens with zero attached hydrogens (tertiary/aromatic N) is 2. The zero-order chi connectivity index (χ0) is 18.8. The number of ether oxygens (including phenoxy) is 1. The smallest absolute Gasteiger partial charge is 0.231 e. The van der Waals surface area contributed by atoms with Gasteiger partial charge in [0.25, 0.3) is 0 Å². The van der Waals surface area contributed by atoms with Gasteiger partial charge < -0.3 is 4.74 Å². The molecule has 0 aliphatic rings. The highest BCUT2D eigenvalue weighted by Gasteiger charge is 2.15. The molecule has 0 aliphatic heterocycles. The zero-order valence-corrected chi connectivity index (χ0v) is 15.8. The van der Waals surface area contributed by atoms with Gasteiger partial charge in [0.2, 0.25) is 5.88 Å². The Morgan fingerprint density at radius 3 is 2.04 bits per heavy atom. The van der Waals surface area contributed by atoms with E-state index in [1.807, 2.05) is 36.4 Å². The van der Waals surface area contributed by atoms with Gasteiger partial charge >= 0.3 is 0 Å². The van der Waals surface area contributed by atoms with Crippen molar-refractivity contribution in [2.75, 3.05) is 0 Å². The van der Waals surface area contributed by atoms with E-state index in [-0.39, 0.29) is 0 Å². The quantitative estimate of drug-likeness (QED) is 0.343. The van der Waals surface area contributed by atoms with Crippen LogP contribution in [0.25, 0.3) is 32.5 Å². The van der Waals surface area contributed by atoms with Gasteiger partial charge in [0.15, 0.2) is 0 Å². The molecule has 0 saturated carbocycles. The minimum atomic E-state index is 0.583. The number of para-hydroxylation sites is 1. The molecule has 0 N–H and O–H groups in total. The minimum Gasteiger partial charge on any atom is -0.438 e. The second kappa shape index (κ2) is 7.25. The van der Waals surface area contributed by atoms with Crippen LogP contribution >= 0.6 is 11.3 Å².